The highest BCUT2D eigenvalue weighted by atomic mass is 16.5. The fourth-order valence-electron chi connectivity index (χ4n) is 2.91. The van der Waals surface area contributed by atoms with Crippen LogP contribution in [0.5, 0.6) is 11.5 Å². The highest BCUT2D eigenvalue weighted by Gasteiger charge is 2.20. The number of aryl methyl sites for hydroxylation is 1. The minimum atomic E-state index is -0.548. The number of aromatic amines is 1. The second kappa shape index (κ2) is 8.60. The van der Waals surface area contributed by atoms with Crippen LogP contribution in [-0.4, -0.2) is 35.8 Å². The number of carbonyl (C=O) groups excluding carboxylic acids is 3. The first-order valence-corrected chi connectivity index (χ1v) is 8.81. The van der Waals surface area contributed by atoms with E-state index in [0.717, 1.165) is 0 Å². The molecular weight excluding hydrogens is 362 g/mol. The number of ketones is 1. The van der Waals surface area contributed by atoms with Gasteiger partial charge in [-0.15, -0.1) is 0 Å². The maximum atomic E-state index is 12.4. The molecule has 0 bridgehead atoms. The molecule has 2 rings (SSSR count). The molecule has 3 N–H and O–H groups in total. The zero-order chi connectivity index (χ0) is 21.0. The average Bonchev–Trinajstić information content (AvgIpc) is 2.93. The summed E-state index contributed by atoms with van der Waals surface area (Å²) in [6.45, 7) is 8.60. The van der Waals surface area contributed by atoms with E-state index in [2.05, 4.69) is 15.8 Å². The van der Waals surface area contributed by atoms with E-state index in [9.17, 15) is 14.4 Å². The molecule has 0 aliphatic carbocycles. The van der Waals surface area contributed by atoms with Crippen molar-refractivity contribution in [3.63, 3.8) is 0 Å². The molecule has 1 aromatic heterocycles. The van der Waals surface area contributed by atoms with Crippen LogP contribution in [0, 0.1) is 13.8 Å². The molecule has 28 heavy (non-hydrogen) atoms. The third kappa shape index (κ3) is 4.51. The lowest BCUT2D eigenvalue weighted by Gasteiger charge is -2.14. The van der Waals surface area contributed by atoms with Crippen LogP contribution in [0.3, 0.4) is 0 Å². The smallest absolute Gasteiger partial charge is 0.286 e. The Kier molecular flexibility index (Phi) is 6.45. The lowest BCUT2D eigenvalue weighted by molar-refractivity contribution is 0.0843. The van der Waals surface area contributed by atoms with Gasteiger partial charge >= 0.3 is 0 Å². The van der Waals surface area contributed by atoms with Gasteiger partial charge in [0.1, 0.15) is 5.69 Å². The number of benzene rings is 1. The Morgan fingerprint density at radius 3 is 2.21 bits per heavy atom. The van der Waals surface area contributed by atoms with Crippen LogP contribution in [0.25, 0.3) is 0 Å². The number of Topliss-reactive ketones (excluding diaryl/α,β-unsaturated/α-hetero) is 1. The predicted octanol–water partition coefficient (Wildman–Crippen LogP) is 2.70. The van der Waals surface area contributed by atoms with E-state index in [1.54, 1.807) is 26.0 Å². The summed E-state index contributed by atoms with van der Waals surface area (Å²) in [6.07, 6.45) is -0.0414. The monoisotopic (exact) mass is 387 g/mol. The topological polar surface area (TPSA) is 110 Å². The fraction of sp³-hybridized carbons (Fsp3) is 0.350. The zero-order valence-electron chi connectivity index (χ0n) is 16.9. The van der Waals surface area contributed by atoms with E-state index in [0.29, 0.717) is 28.3 Å². The van der Waals surface area contributed by atoms with Gasteiger partial charge in [0.05, 0.1) is 13.2 Å². The summed E-state index contributed by atoms with van der Waals surface area (Å²) >= 11 is 0. The number of hydrazine groups is 1. The van der Waals surface area contributed by atoms with Gasteiger partial charge < -0.3 is 14.5 Å². The molecule has 150 valence electrons. The van der Waals surface area contributed by atoms with Crippen molar-refractivity contribution in [2.45, 2.75) is 40.7 Å². The molecule has 2 aromatic rings. The van der Waals surface area contributed by atoms with Gasteiger partial charge in [-0.05, 0) is 58.4 Å². The van der Waals surface area contributed by atoms with Crippen molar-refractivity contribution >= 4 is 17.6 Å². The number of rotatable bonds is 6. The van der Waals surface area contributed by atoms with Crippen LogP contribution in [-0.2, 0) is 0 Å². The summed E-state index contributed by atoms with van der Waals surface area (Å²) in [4.78, 5) is 39.3. The third-order valence-corrected chi connectivity index (χ3v) is 4.09. The summed E-state index contributed by atoms with van der Waals surface area (Å²) in [7, 11) is 1.48. The van der Waals surface area contributed by atoms with E-state index in [4.69, 9.17) is 9.47 Å². The highest BCUT2D eigenvalue weighted by molar-refractivity contribution is 6.03. The Morgan fingerprint density at radius 2 is 1.68 bits per heavy atom. The molecule has 0 unspecified atom stereocenters. The number of nitrogens with one attached hydrogen (secondary N) is 3. The van der Waals surface area contributed by atoms with Gasteiger partial charge in [-0.1, -0.05) is 0 Å². The number of H-pyrrole nitrogens is 1. The molecule has 1 heterocycles. The normalized spacial score (nSPS) is 10.5. The lowest BCUT2D eigenvalue weighted by atomic mass is 10.1. The first kappa shape index (κ1) is 21.0. The molecule has 8 nitrogen and oxygen atoms in total. The minimum absolute atomic E-state index is 0.0414. The Hall–Kier alpha value is -3.29. The summed E-state index contributed by atoms with van der Waals surface area (Å²) in [5, 5.41) is 0. The molecule has 2 amide bonds. The van der Waals surface area contributed by atoms with Gasteiger partial charge in [0.15, 0.2) is 17.3 Å². The maximum Gasteiger partial charge on any atom is 0.286 e. The molecule has 0 fully saturated rings. The fourth-order valence-corrected chi connectivity index (χ4v) is 2.91. The first-order valence-electron chi connectivity index (χ1n) is 8.81. The molecule has 1 aromatic carbocycles. The molecule has 0 radical (unpaired) electrons. The van der Waals surface area contributed by atoms with Crippen molar-refractivity contribution < 1.29 is 23.9 Å². The van der Waals surface area contributed by atoms with Crippen LogP contribution in [0.15, 0.2) is 18.2 Å². The Labute approximate surface area is 163 Å². The molecular formula is C20H25N3O5. The Bertz CT molecular complexity index is 915. The molecule has 0 saturated carbocycles. The zero-order valence-corrected chi connectivity index (χ0v) is 16.9. The van der Waals surface area contributed by atoms with Crippen LogP contribution in [0.2, 0.25) is 0 Å². The SMILES string of the molecule is COc1cc(C(=O)NNC(=O)c2[nH]c(C)c(C(C)=O)c2C)ccc1OC(C)C. The van der Waals surface area contributed by atoms with Gasteiger partial charge in [0.2, 0.25) is 0 Å². The second-order valence-electron chi connectivity index (χ2n) is 6.62. The molecule has 0 aliphatic heterocycles. The molecule has 0 atom stereocenters. The number of amides is 2. The summed E-state index contributed by atoms with van der Waals surface area (Å²) in [5.41, 5.74) is 6.83. The van der Waals surface area contributed by atoms with E-state index in [-0.39, 0.29) is 23.1 Å². The summed E-state index contributed by atoms with van der Waals surface area (Å²) < 4.78 is 10.9. The van der Waals surface area contributed by atoms with Gasteiger partial charge in [-0.2, -0.15) is 0 Å². The van der Waals surface area contributed by atoms with Crippen LogP contribution < -0.4 is 20.3 Å². The molecule has 0 saturated heterocycles. The van der Waals surface area contributed by atoms with Gasteiger partial charge in [0, 0.05) is 16.8 Å². The second-order valence-corrected chi connectivity index (χ2v) is 6.62. The summed E-state index contributed by atoms with van der Waals surface area (Å²) in [5.74, 6) is -0.268. The maximum absolute atomic E-state index is 12.4. The largest absolute Gasteiger partial charge is 0.493 e. The quantitative estimate of drug-likeness (QED) is 0.521. The number of carbonyl (C=O) groups is 3. The van der Waals surface area contributed by atoms with Crippen molar-refractivity contribution in [3.8, 4) is 11.5 Å². The Balaban J connectivity index is 2.11. The van der Waals surface area contributed by atoms with E-state index >= 15 is 0 Å². The lowest BCUT2D eigenvalue weighted by Crippen LogP contribution is -2.42. The molecule has 8 heteroatoms. The van der Waals surface area contributed by atoms with Crippen LogP contribution in [0.4, 0.5) is 0 Å². The van der Waals surface area contributed by atoms with Crippen molar-refractivity contribution in [1.29, 1.82) is 0 Å². The highest BCUT2D eigenvalue weighted by Crippen LogP contribution is 2.29. The predicted molar refractivity (Wildman–Crippen MR) is 104 cm³/mol. The van der Waals surface area contributed by atoms with E-state index < -0.39 is 11.8 Å². The van der Waals surface area contributed by atoms with Gasteiger partial charge in [-0.3, -0.25) is 25.2 Å². The average molecular weight is 387 g/mol. The van der Waals surface area contributed by atoms with Crippen molar-refractivity contribution in [2.24, 2.45) is 0 Å². The van der Waals surface area contributed by atoms with Crippen molar-refractivity contribution in [3.05, 3.63) is 46.3 Å². The Morgan fingerprint density at radius 1 is 1.04 bits per heavy atom. The first-order chi connectivity index (χ1) is 13.1. The number of ether oxygens (including phenoxy) is 2. The van der Waals surface area contributed by atoms with Crippen molar-refractivity contribution in [1.82, 2.24) is 15.8 Å². The molecule has 0 spiro atoms. The number of hydrogen-bond acceptors (Lipinski definition) is 5. The van der Waals surface area contributed by atoms with E-state index in [1.807, 2.05) is 13.8 Å². The number of hydrogen-bond donors (Lipinski definition) is 3. The third-order valence-electron chi connectivity index (χ3n) is 4.09. The van der Waals surface area contributed by atoms with Crippen LogP contribution in [0.1, 0.15) is 63.2 Å². The number of aromatic nitrogens is 1. The van der Waals surface area contributed by atoms with Gasteiger partial charge in [0.25, 0.3) is 11.8 Å². The van der Waals surface area contributed by atoms with Gasteiger partial charge in [-0.25, -0.2) is 0 Å². The van der Waals surface area contributed by atoms with Crippen molar-refractivity contribution in [2.75, 3.05) is 7.11 Å². The van der Waals surface area contributed by atoms with Crippen LogP contribution >= 0.6 is 0 Å². The standard InChI is InChI=1S/C20H25N3O5/c1-10(2)28-15-8-7-14(9-16(15)27-6)19(25)22-23-20(26)18-11(3)17(13(5)24)12(4)21-18/h7-10,21H,1-6H3,(H,22,25)(H,23,26). The minimum Gasteiger partial charge on any atom is -0.493 e. The number of methoxy groups -OCH3 is 1. The summed E-state index contributed by atoms with van der Waals surface area (Å²) in [6, 6.07) is 4.73. The van der Waals surface area contributed by atoms with E-state index in [1.165, 1.54) is 20.1 Å². The molecule has 0 aliphatic rings.